The average molecular weight is 203 g/mol. The molecule has 0 radical (unpaired) electrons. The van der Waals surface area contributed by atoms with E-state index in [1.807, 2.05) is 12.1 Å². The number of hydrogen-bond donors (Lipinski definition) is 2. The van der Waals surface area contributed by atoms with Crippen molar-refractivity contribution >= 4 is 11.6 Å². The van der Waals surface area contributed by atoms with E-state index >= 15 is 0 Å². The fourth-order valence-electron chi connectivity index (χ4n) is 1.18. The Morgan fingerprint density at radius 2 is 2.13 bits per heavy atom. The number of anilines is 2. The molecule has 15 heavy (non-hydrogen) atoms. The molecule has 0 unspecified atom stereocenters. The molecule has 0 aliphatic carbocycles. The van der Waals surface area contributed by atoms with Crippen LogP contribution in [0.5, 0.6) is 0 Å². The molecule has 0 fully saturated rings. The Labute approximate surface area is 88.0 Å². The highest BCUT2D eigenvalue weighted by atomic mass is 15.2. The first kappa shape index (κ1) is 9.64. The van der Waals surface area contributed by atoms with Crippen molar-refractivity contribution < 1.29 is 0 Å². The van der Waals surface area contributed by atoms with E-state index in [0.717, 1.165) is 17.5 Å². The molecule has 0 saturated heterocycles. The summed E-state index contributed by atoms with van der Waals surface area (Å²) in [5, 5.41) is 9.81. The number of rotatable bonds is 3. The van der Waals surface area contributed by atoms with E-state index in [0.29, 0.717) is 5.92 Å². The van der Waals surface area contributed by atoms with Gasteiger partial charge >= 0.3 is 0 Å². The van der Waals surface area contributed by atoms with Gasteiger partial charge in [0, 0.05) is 24.4 Å². The van der Waals surface area contributed by atoms with Crippen molar-refractivity contribution in [1.29, 1.82) is 0 Å². The predicted molar refractivity (Wildman–Crippen MR) is 58.0 cm³/mol. The Bertz CT molecular complexity index is 421. The van der Waals surface area contributed by atoms with Gasteiger partial charge in [0.25, 0.3) is 0 Å². The monoisotopic (exact) mass is 203 g/mol. The Morgan fingerprint density at radius 1 is 1.27 bits per heavy atom. The minimum Gasteiger partial charge on any atom is -0.323 e. The van der Waals surface area contributed by atoms with Crippen LogP contribution in [0.15, 0.2) is 24.5 Å². The quantitative estimate of drug-likeness (QED) is 0.801. The maximum atomic E-state index is 4.37. The first-order chi connectivity index (χ1) is 7.25. The minimum atomic E-state index is 0.325. The molecule has 0 bridgehead atoms. The lowest BCUT2D eigenvalue weighted by atomic mass is 10.2. The van der Waals surface area contributed by atoms with E-state index in [1.165, 1.54) is 0 Å². The van der Waals surface area contributed by atoms with Gasteiger partial charge in [-0.05, 0) is 6.07 Å². The van der Waals surface area contributed by atoms with Gasteiger partial charge < -0.3 is 5.32 Å². The first-order valence-electron chi connectivity index (χ1n) is 4.85. The fourth-order valence-corrected chi connectivity index (χ4v) is 1.18. The van der Waals surface area contributed by atoms with Gasteiger partial charge in [0.1, 0.15) is 11.6 Å². The molecule has 2 rings (SSSR count). The molecule has 0 aliphatic heterocycles. The van der Waals surface area contributed by atoms with Crippen LogP contribution < -0.4 is 5.32 Å². The lowest BCUT2D eigenvalue weighted by molar-refractivity contribution is 0.776. The zero-order valence-electron chi connectivity index (χ0n) is 8.73. The van der Waals surface area contributed by atoms with Crippen molar-refractivity contribution in [1.82, 2.24) is 20.2 Å². The molecule has 0 aromatic carbocycles. The van der Waals surface area contributed by atoms with E-state index in [2.05, 4.69) is 39.3 Å². The third-order valence-electron chi connectivity index (χ3n) is 1.95. The number of aromatic amines is 1. The Kier molecular flexibility index (Phi) is 2.62. The second-order valence-electron chi connectivity index (χ2n) is 3.54. The van der Waals surface area contributed by atoms with E-state index in [4.69, 9.17) is 0 Å². The molecule has 0 atom stereocenters. The van der Waals surface area contributed by atoms with Crippen LogP contribution in [0.25, 0.3) is 0 Å². The molecule has 5 nitrogen and oxygen atoms in total. The zero-order chi connectivity index (χ0) is 10.7. The molecular formula is C10H13N5. The number of nitrogens with one attached hydrogen (secondary N) is 2. The smallest absolute Gasteiger partial charge is 0.153 e. The van der Waals surface area contributed by atoms with Crippen LogP contribution in [0.4, 0.5) is 11.6 Å². The summed E-state index contributed by atoms with van der Waals surface area (Å²) in [6.07, 6.45) is 3.50. The van der Waals surface area contributed by atoms with E-state index < -0.39 is 0 Å². The normalized spacial score (nSPS) is 10.6. The van der Waals surface area contributed by atoms with Gasteiger partial charge in [-0.15, -0.1) is 0 Å². The molecule has 0 saturated carbocycles. The molecule has 0 spiro atoms. The molecule has 2 aromatic heterocycles. The van der Waals surface area contributed by atoms with Crippen molar-refractivity contribution in [3.8, 4) is 0 Å². The van der Waals surface area contributed by atoms with Crippen molar-refractivity contribution in [3.63, 3.8) is 0 Å². The van der Waals surface area contributed by atoms with Gasteiger partial charge in [-0.3, -0.25) is 5.10 Å². The van der Waals surface area contributed by atoms with Gasteiger partial charge in [-0.25, -0.2) is 9.97 Å². The van der Waals surface area contributed by atoms with E-state index in [1.54, 1.807) is 12.4 Å². The number of aromatic nitrogens is 4. The molecule has 2 aromatic rings. The molecule has 5 heteroatoms. The summed E-state index contributed by atoms with van der Waals surface area (Å²) in [6.45, 7) is 4.13. The third kappa shape index (κ3) is 2.31. The lowest BCUT2D eigenvalue weighted by Gasteiger charge is -2.06. The second-order valence-corrected chi connectivity index (χ2v) is 3.54. The summed E-state index contributed by atoms with van der Waals surface area (Å²) in [4.78, 5) is 8.56. The van der Waals surface area contributed by atoms with Crippen LogP contribution in [0.3, 0.4) is 0 Å². The van der Waals surface area contributed by atoms with Gasteiger partial charge in [0.05, 0.1) is 0 Å². The molecular weight excluding hydrogens is 190 g/mol. The fraction of sp³-hybridized carbons (Fsp3) is 0.300. The van der Waals surface area contributed by atoms with E-state index in [-0.39, 0.29) is 0 Å². The Hall–Kier alpha value is -1.91. The summed E-state index contributed by atoms with van der Waals surface area (Å²) in [5.41, 5.74) is 0. The summed E-state index contributed by atoms with van der Waals surface area (Å²) in [6, 6.07) is 3.66. The predicted octanol–water partition coefficient (Wildman–Crippen LogP) is 2.07. The zero-order valence-corrected chi connectivity index (χ0v) is 8.73. The SMILES string of the molecule is CC(C)c1nccc(Nc2cc[nH]n2)n1. The van der Waals surface area contributed by atoms with Crippen molar-refractivity contribution in [2.24, 2.45) is 0 Å². The Morgan fingerprint density at radius 3 is 2.80 bits per heavy atom. The van der Waals surface area contributed by atoms with Crippen molar-refractivity contribution in [2.45, 2.75) is 19.8 Å². The number of hydrogen-bond acceptors (Lipinski definition) is 4. The topological polar surface area (TPSA) is 66.5 Å². The van der Waals surface area contributed by atoms with Crippen LogP contribution in [0.2, 0.25) is 0 Å². The lowest BCUT2D eigenvalue weighted by Crippen LogP contribution is -2.01. The highest BCUT2D eigenvalue weighted by Gasteiger charge is 2.04. The molecule has 2 N–H and O–H groups in total. The number of H-pyrrole nitrogens is 1. The summed E-state index contributed by atoms with van der Waals surface area (Å²) in [5.74, 6) is 2.67. The van der Waals surface area contributed by atoms with Crippen LogP contribution >= 0.6 is 0 Å². The second kappa shape index (κ2) is 4.08. The highest BCUT2D eigenvalue weighted by Crippen LogP contribution is 2.13. The average Bonchev–Trinajstić information content (AvgIpc) is 2.71. The maximum Gasteiger partial charge on any atom is 0.153 e. The summed E-state index contributed by atoms with van der Waals surface area (Å²) >= 11 is 0. The standard InChI is InChI=1S/C10H13N5/c1-7(2)10-11-5-3-8(14-10)13-9-4-6-12-15-9/h3-7H,1-2H3,(H2,11,12,13,14,15). The van der Waals surface area contributed by atoms with Crippen LogP contribution in [-0.2, 0) is 0 Å². The van der Waals surface area contributed by atoms with Gasteiger partial charge in [0.2, 0.25) is 0 Å². The van der Waals surface area contributed by atoms with Crippen LogP contribution in [0, 0.1) is 0 Å². The molecule has 0 amide bonds. The van der Waals surface area contributed by atoms with Gasteiger partial charge in [0.15, 0.2) is 5.82 Å². The number of nitrogens with zero attached hydrogens (tertiary/aromatic N) is 3. The van der Waals surface area contributed by atoms with Crippen molar-refractivity contribution in [3.05, 3.63) is 30.4 Å². The Balaban J connectivity index is 2.18. The molecule has 2 heterocycles. The third-order valence-corrected chi connectivity index (χ3v) is 1.95. The summed E-state index contributed by atoms with van der Waals surface area (Å²) < 4.78 is 0. The van der Waals surface area contributed by atoms with Gasteiger partial charge in [-0.1, -0.05) is 13.8 Å². The maximum absolute atomic E-state index is 4.37. The van der Waals surface area contributed by atoms with Gasteiger partial charge in [-0.2, -0.15) is 5.10 Å². The molecule has 78 valence electrons. The minimum absolute atomic E-state index is 0.325. The van der Waals surface area contributed by atoms with Crippen molar-refractivity contribution in [2.75, 3.05) is 5.32 Å². The first-order valence-corrected chi connectivity index (χ1v) is 4.85. The van der Waals surface area contributed by atoms with E-state index in [9.17, 15) is 0 Å². The largest absolute Gasteiger partial charge is 0.323 e. The van der Waals surface area contributed by atoms with Crippen LogP contribution in [-0.4, -0.2) is 20.2 Å². The summed E-state index contributed by atoms with van der Waals surface area (Å²) in [7, 11) is 0. The van der Waals surface area contributed by atoms with Crippen LogP contribution in [0.1, 0.15) is 25.6 Å². The highest BCUT2D eigenvalue weighted by molar-refractivity contribution is 5.49. The molecule has 0 aliphatic rings.